The lowest BCUT2D eigenvalue weighted by molar-refractivity contribution is -0.133. The van der Waals surface area contributed by atoms with Crippen molar-refractivity contribution in [3.05, 3.63) is 71.5 Å². The number of hydrogen-bond donors (Lipinski definition) is 1. The van der Waals surface area contributed by atoms with Gasteiger partial charge in [-0.2, -0.15) is 0 Å². The van der Waals surface area contributed by atoms with E-state index < -0.39 is 12.1 Å². The van der Waals surface area contributed by atoms with Gasteiger partial charge in [-0.3, -0.25) is 4.79 Å². The maximum absolute atomic E-state index is 13.2. The van der Waals surface area contributed by atoms with Gasteiger partial charge in [0.2, 0.25) is 5.91 Å². The summed E-state index contributed by atoms with van der Waals surface area (Å²) in [6, 6.07) is 14.8. The summed E-state index contributed by atoms with van der Waals surface area (Å²) in [5.41, 5.74) is 1.78. The third-order valence-electron chi connectivity index (χ3n) is 4.71. The van der Waals surface area contributed by atoms with E-state index in [1.165, 1.54) is 12.1 Å². The molecule has 1 aliphatic heterocycles. The molecule has 1 aliphatic rings. The Hall–Kier alpha value is -2.89. The van der Waals surface area contributed by atoms with Crippen molar-refractivity contribution < 1.29 is 18.7 Å². The van der Waals surface area contributed by atoms with Gasteiger partial charge in [0, 0.05) is 6.54 Å². The number of likely N-dealkylation sites (tertiary alicyclic amines) is 1. The smallest absolute Gasteiger partial charge is 0.408 e. The second kappa shape index (κ2) is 8.66. The lowest BCUT2D eigenvalue weighted by Crippen LogP contribution is -2.46. The van der Waals surface area contributed by atoms with E-state index in [2.05, 4.69) is 5.32 Å². The quantitative estimate of drug-likeness (QED) is 0.871. The van der Waals surface area contributed by atoms with Crippen LogP contribution in [0.4, 0.5) is 9.18 Å². The zero-order valence-electron chi connectivity index (χ0n) is 15.2. The molecule has 6 heteroatoms. The molecule has 142 valence electrons. The molecule has 1 saturated heterocycles. The summed E-state index contributed by atoms with van der Waals surface area (Å²) < 4.78 is 18.3. The molecule has 1 heterocycles. The van der Waals surface area contributed by atoms with Crippen LogP contribution in [-0.4, -0.2) is 29.5 Å². The standard InChI is InChI=1S/C21H23FN2O3/c1-15(23-21(26)27-14-16-6-3-2-4-7-16)20(25)24-13-5-8-19(24)17-9-11-18(22)12-10-17/h2-4,6-7,9-12,15,19H,5,8,13-14H2,1H3,(H,23,26)/t15-,19+/m1/s1. The first-order valence-corrected chi connectivity index (χ1v) is 9.08. The van der Waals surface area contributed by atoms with Crippen LogP contribution in [0.15, 0.2) is 54.6 Å². The minimum absolute atomic E-state index is 0.0947. The zero-order valence-corrected chi connectivity index (χ0v) is 15.2. The fourth-order valence-electron chi connectivity index (χ4n) is 3.31. The summed E-state index contributed by atoms with van der Waals surface area (Å²) in [6.07, 6.45) is 1.07. The summed E-state index contributed by atoms with van der Waals surface area (Å²) in [4.78, 5) is 26.5. The van der Waals surface area contributed by atoms with Crippen molar-refractivity contribution in [2.24, 2.45) is 0 Å². The molecule has 0 unspecified atom stereocenters. The van der Waals surface area contributed by atoms with E-state index in [1.807, 2.05) is 30.3 Å². The Morgan fingerprint density at radius 3 is 2.59 bits per heavy atom. The molecule has 2 aromatic carbocycles. The summed E-state index contributed by atoms with van der Waals surface area (Å²) in [6.45, 7) is 2.41. The Bertz CT molecular complexity index is 780. The van der Waals surface area contributed by atoms with E-state index >= 15 is 0 Å². The van der Waals surface area contributed by atoms with Gasteiger partial charge in [-0.15, -0.1) is 0 Å². The monoisotopic (exact) mass is 370 g/mol. The van der Waals surface area contributed by atoms with Crippen LogP contribution in [0.2, 0.25) is 0 Å². The SMILES string of the molecule is C[C@@H](NC(=O)OCc1ccccc1)C(=O)N1CCC[C@H]1c1ccc(F)cc1. The van der Waals surface area contributed by atoms with Crippen molar-refractivity contribution in [1.29, 1.82) is 0 Å². The number of halogens is 1. The maximum Gasteiger partial charge on any atom is 0.408 e. The lowest BCUT2D eigenvalue weighted by Gasteiger charge is -2.28. The van der Waals surface area contributed by atoms with E-state index in [0.717, 1.165) is 24.0 Å². The first-order valence-electron chi connectivity index (χ1n) is 9.08. The maximum atomic E-state index is 13.2. The normalized spacial score (nSPS) is 17.4. The van der Waals surface area contributed by atoms with Gasteiger partial charge >= 0.3 is 6.09 Å². The van der Waals surface area contributed by atoms with Crippen molar-refractivity contribution >= 4 is 12.0 Å². The molecule has 0 bridgehead atoms. The molecule has 1 fully saturated rings. The molecule has 1 N–H and O–H groups in total. The fraction of sp³-hybridized carbons (Fsp3) is 0.333. The second-order valence-corrected chi connectivity index (χ2v) is 6.67. The number of ether oxygens (including phenoxy) is 1. The van der Waals surface area contributed by atoms with Crippen molar-refractivity contribution in [2.45, 2.75) is 38.5 Å². The van der Waals surface area contributed by atoms with E-state index in [4.69, 9.17) is 4.74 Å². The predicted octanol–water partition coefficient (Wildman–Crippen LogP) is 3.80. The van der Waals surface area contributed by atoms with Crippen molar-refractivity contribution in [1.82, 2.24) is 10.2 Å². The van der Waals surface area contributed by atoms with Crippen LogP contribution in [0, 0.1) is 5.82 Å². The van der Waals surface area contributed by atoms with Gasteiger partial charge in [0.25, 0.3) is 0 Å². The highest BCUT2D eigenvalue weighted by molar-refractivity contribution is 5.85. The van der Waals surface area contributed by atoms with Crippen molar-refractivity contribution in [3.8, 4) is 0 Å². The number of carbonyl (C=O) groups is 2. The van der Waals surface area contributed by atoms with Crippen LogP contribution in [0.3, 0.4) is 0 Å². The molecule has 2 atom stereocenters. The molecule has 5 nitrogen and oxygen atoms in total. The van der Waals surface area contributed by atoms with Crippen LogP contribution in [-0.2, 0) is 16.1 Å². The summed E-state index contributed by atoms with van der Waals surface area (Å²) >= 11 is 0. The largest absolute Gasteiger partial charge is 0.445 e. The Labute approximate surface area is 158 Å². The van der Waals surface area contributed by atoms with E-state index in [0.29, 0.717) is 6.54 Å². The molecule has 0 aromatic heterocycles. The average molecular weight is 370 g/mol. The topological polar surface area (TPSA) is 58.6 Å². The lowest BCUT2D eigenvalue weighted by atomic mass is 10.0. The molecule has 0 radical (unpaired) electrons. The summed E-state index contributed by atoms with van der Waals surface area (Å²) in [7, 11) is 0. The van der Waals surface area contributed by atoms with Crippen LogP contribution >= 0.6 is 0 Å². The molecular weight excluding hydrogens is 347 g/mol. The molecule has 27 heavy (non-hydrogen) atoms. The molecule has 0 saturated carbocycles. The Morgan fingerprint density at radius 2 is 1.89 bits per heavy atom. The van der Waals surface area contributed by atoms with Crippen LogP contribution in [0.1, 0.15) is 36.9 Å². The van der Waals surface area contributed by atoms with Crippen LogP contribution < -0.4 is 5.32 Å². The number of rotatable bonds is 5. The van der Waals surface area contributed by atoms with Gasteiger partial charge in [0.05, 0.1) is 6.04 Å². The number of benzene rings is 2. The Morgan fingerprint density at radius 1 is 1.19 bits per heavy atom. The van der Waals surface area contributed by atoms with Gasteiger partial charge < -0.3 is 15.0 Å². The summed E-state index contributed by atoms with van der Waals surface area (Å²) in [5.74, 6) is -0.468. The molecule has 2 amide bonds. The average Bonchev–Trinajstić information content (AvgIpc) is 3.17. The Kier molecular flexibility index (Phi) is 6.06. The number of hydrogen-bond acceptors (Lipinski definition) is 3. The highest BCUT2D eigenvalue weighted by Crippen LogP contribution is 2.32. The van der Waals surface area contributed by atoms with Crippen LogP contribution in [0.25, 0.3) is 0 Å². The van der Waals surface area contributed by atoms with Gasteiger partial charge in [0.1, 0.15) is 18.5 Å². The van der Waals surface area contributed by atoms with Crippen LogP contribution in [0.5, 0.6) is 0 Å². The Balaban J connectivity index is 1.55. The zero-order chi connectivity index (χ0) is 19.2. The molecule has 2 aromatic rings. The highest BCUT2D eigenvalue weighted by atomic mass is 19.1. The minimum atomic E-state index is -0.700. The van der Waals surface area contributed by atoms with E-state index in [-0.39, 0.29) is 24.4 Å². The third-order valence-corrected chi connectivity index (χ3v) is 4.71. The minimum Gasteiger partial charge on any atom is -0.445 e. The fourth-order valence-corrected chi connectivity index (χ4v) is 3.31. The first-order chi connectivity index (χ1) is 13.0. The highest BCUT2D eigenvalue weighted by Gasteiger charge is 2.33. The van der Waals surface area contributed by atoms with Crippen molar-refractivity contribution in [3.63, 3.8) is 0 Å². The van der Waals surface area contributed by atoms with Gasteiger partial charge in [0.15, 0.2) is 0 Å². The molecule has 0 spiro atoms. The number of amides is 2. The van der Waals surface area contributed by atoms with Gasteiger partial charge in [-0.1, -0.05) is 42.5 Å². The number of carbonyl (C=O) groups excluding carboxylic acids is 2. The number of nitrogens with zero attached hydrogens (tertiary/aromatic N) is 1. The van der Waals surface area contributed by atoms with E-state index in [9.17, 15) is 14.0 Å². The molecule has 0 aliphatic carbocycles. The predicted molar refractivity (Wildman–Crippen MR) is 99.3 cm³/mol. The van der Waals surface area contributed by atoms with Crippen molar-refractivity contribution in [2.75, 3.05) is 6.54 Å². The van der Waals surface area contributed by atoms with Gasteiger partial charge in [-0.25, -0.2) is 9.18 Å². The number of nitrogens with one attached hydrogen (secondary N) is 1. The second-order valence-electron chi connectivity index (χ2n) is 6.67. The summed E-state index contributed by atoms with van der Waals surface area (Å²) in [5, 5.41) is 2.60. The first kappa shape index (κ1) is 18.9. The van der Waals surface area contributed by atoms with E-state index in [1.54, 1.807) is 24.0 Å². The molecule has 3 rings (SSSR count). The third kappa shape index (κ3) is 4.84. The molecular formula is C21H23FN2O3. The number of alkyl carbamates (subject to hydrolysis) is 1. The van der Waals surface area contributed by atoms with Gasteiger partial charge in [-0.05, 0) is 43.0 Å².